The smallest absolute Gasteiger partial charge is 0.241 e. The monoisotopic (exact) mass is 246 g/mol. The lowest BCUT2D eigenvalue weighted by molar-refractivity contribution is -0.129. The van der Waals surface area contributed by atoms with Gasteiger partial charge in [0.15, 0.2) is 0 Å². The molecular formula is C15H22N2O. The Hall–Kier alpha value is -1.35. The molecule has 1 heterocycles. The van der Waals surface area contributed by atoms with E-state index in [0.29, 0.717) is 0 Å². The van der Waals surface area contributed by atoms with Crippen molar-refractivity contribution in [3.8, 4) is 0 Å². The average molecular weight is 246 g/mol. The summed E-state index contributed by atoms with van der Waals surface area (Å²) < 4.78 is 0. The maximum Gasteiger partial charge on any atom is 0.241 e. The van der Waals surface area contributed by atoms with Crippen molar-refractivity contribution in [1.82, 2.24) is 10.2 Å². The summed E-state index contributed by atoms with van der Waals surface area (Å²) in [4.78, 5) is 14.1. The second-order valence-corrected chi connectivity index (χ2v) is 5.09. The molecule has 1 aliphatic rings. The molecule has 2 rings (SSSR count). The van der Waals surface area contributed by atoms with E-state index in [0.717, 1.165) is 19.4 Å². The van der Waals surface area contributed by atoms with Gasteiger partial charge in [0.05, 0.1) is 6.04 Å². The Morgan fingerprint density at radius 3 is 2.83 bits per heavy atom. The maximum atomic E-state index is 12.1. The van der Waals surface area contributed by atoms with Crippen molar-refractivity contribution in [2.24, 2.45) is 0 Å². The normalized spacial score (nSPS) is 23.7. The van der Waals surface area contributed by atoms with Crippen LogP contribution in [0.4, 0.5) is 0 Å². The molecule has 3 nitrogen and oxygen atoms in total. The van der Waals surface area contributed by atoms with Crippen molar-refractivity contribution in [3.05, 3.63) is 35.4 Å². The van der Waals surface area contributed by atoms with E-state index in [-0.39, 0.29) is 18.1 Å². The standard InChI is InChI=1S/C15H22N2O/c1-4-5-9-17-14(16-12(3)15(17)18)13-8-6-7-11(2)10-13/h6-8,10,12,14,16H,4-5,9H2,1-3H3. The van der Waals surface area contributed by atoms with Crippen molar-refractivity contribution in [3.63, 3.8) is 0 Å². The Bertz CT molecular complexity index is 430. The summed E-state index contributed by atoms with van der Waals surface area (Å²) in [5.74, 6) is 0.218. The van der Waals surface area contributed by atoms with Crippen LogP contribution >= 0.6 is 0 Å². The molecule has 0 saturated carbocycles. The Morgan fingerprint density at radius 1 is 1.39 bits per heavy atom. The molecule has 1 N–H and O–H groups in total. The van der Waals surface area contributed by atoms with Gasteiger partial charge in [-0.05, 0) is 25.8 Å². The number of rotatable bonds is 4. The van der Waals surface area contributed by atoms with Gasteiger partial charge in [-0.3, -0.25) is 10.1 Å². The van der Waals surface area contributed by atoms with Crippen molar-refractivity contribution in [1.29, 1.82) is 0 Å². The molecule has 3 heteroatoms. The number of carbonyl (C=O) groups is 1. The number of carbonyl (C=O) groups excluding carboxylic acids is 1. The summed E-state index contributed by atoms with van der Waals surface area (Å²) in [5, 5.41) is 3.38. The van der Waals surface area contributed by atoms with Gasteiger partial charge in [0.25, 0.3) is 0 Å². The topological polar surface area (TPSA) is 32.3 Å². The van der Waals surface area contributed by atoms with Crippen molar-refractivity contribution in [2.45, 2.75) is 45.8 Å². The van der Waals surface area contributed by atoms with Gasteiger partial charge in [0.2, 0.25) is 5.91 Å². The lowest BCUT2D eigenvalue weighted by atomic mass is 10.1. The molecule has 1 saturated heterocycles. The van der Waals surface area contributed by atoms with Crippen LogP contribution in [-0.2, 0) is 4.79 Å². The number of amides is 1. The van der Waals surface area contributed by atoms with E-state index in [9.17, 15) is 4.79 Å². The summed E-state index contributed by atoms with van der Waals surface area (Å²) in [6.45, 7) is 7.02. The van der Waals surface area contributed by atoms with Crippen LogP contribution < -0.4 is 5.32 Å². The average Bonchev–Trinajstić information content (AvgIpc) is 2.64. The molecular weight excluding hydrogens is 224 g/mol. The van der Waals surface area contributed by atoms with E-state index in [1.807, 2.05) is 11.8 Å². The van der Waals surface area contributed by atoms with Crippen molar-refractivity contribution >= 4 is 5.91 Å². The van der Waals surface area contributed by atoms with E-state index >= 15 is 0 Å². The zero-order chi connectivity index (χ0) is 13.1. The van der Waals surface area contributed by atoms with E-state index in [1.165, 1.54) is 11.1 Å². The minimum Gasteiger partial charge on any atom is -0.322 e. The molecule has 0 radical (unpaired) electrons. The second-order valence-electron chi connectivity index (χ2n) is 5.09. The first-order chi connectivity index (χ1) is 8.63. The minimum atomic E-state index is -0.0765. The third-order valence-corrected chi connectivity index (χ3v) is 3.48. The highest BCUT2D eigenvalue weighted by atomic mass is 16.2. The Balaban J connectivity index is 2.22. The molecule has 1 amide bonds. The van der Waals surface area contributed by atoms with Gasteiger partial charge in [0, 0.05) is 6.54 Å². The van der Waals surface area contributed by atoms with E-state index in [1.54, 1.807) is 0 Å². The van der Waals surface area contributed by atoms with Crippen LogP contribution in [0.25, 0.3) is 0 Å². The van der Waals surface area contributed by atoms with Crippen LogP contribution in [0.1, 0.15) is 44.0 Å². The predicted octanol–water partition coefficient (Wildman–Crippen LogP) is 2.61. The lowest BCUT2D eigenvalue weighted by Gasteiger charge is -2.24. The number of hydrogen-bond acceptors (Lipinski definition) is 2. The van der Waals surface area contributed by atoms with Crippen LogP contribution in [0.15, 0.2) is 24.3 Å². The fourth-order valence-corrected chi connectivity index (χ4v) is 2.46. The molecule has 98 valence electrons. The molecule has 1 aliphatic heterocycles. The van der Waals surface area contributed by atoms with Gasteiger partial charge >= 0.3 is 0 Å². The summed E-state index contributed by atoms with van der Waals surface area (Å²) in [6.07, 6.45) is 2.21. The van der Waals surface area contributed by atoms with Gasteiger partial charge in [-0.15, -0.1) is 0 Å². The molecule has 0 bridgehead atoms. The predicted molar refractivity (Wildman–Crippen MR) is 73.1 cm³/mol. The number of unbranched alkanes of at least 4 members (excludes halogenated alkanes) is 1. The first-order valence-corrected chi connectivity index (χ1v) is 6.76. The van der Waals surface area contributed by atoms with E-state index < -0.39 is 0 Å². The zero-order valence-electron chi connectivity index (χ0n) is 11.4. The fourth-order valence-electron chi connectivity index (χ4n) is 2.46. The summed E-state index contributed by atoms with van der Waals surface area (Å²) in [7, 11) is 0. The third-order valence-electron chi connectivity index (χ3n) is 3.48. The first-order valence-electron chi connectivity index (χ1n) is 6.76. The molecule has 2 unspecified atom stereocenters. The van der Waals surface area contributed by atoms with Gasteiger partial charge in [-0.25, -0.2) is 0 Å². The second kappa shape index (κ2) is 5.53. The Morgan fingerprint density at radius 2 is 2.17 bits per heavy atom. The maximum absolute atomic E-state index is 12.1. The summed E-state index contributed by atoms with van der Waals surface area (Å²) >= 11 is 0. The van der Waals surface area contributed by atoms with Crippen LogP contribution in [0, 0.1) is 6.92 Å². The van der Waals surface area contributed by atoms with Crippen LogP contribution in [0.2, 0.25) is 0 Å². The Kier molecular flexibility index (Phi) is 4.02. The molecule has 0 aromatic heterocycles. The highest BCUT2D eigenvalue weighted by molar-refractivity contribution is 5.84. The first kappa shape index (κ1) is 13.1. The van der Waals surface area contributed by atoms with Gasteiger partial charge in [-0.2, -0.15) is 0 Å². The van der Waals surface area contributed by atoms with Crippen LogP contribution in [-0.4, -0.2) is 23.4 Å². The summed E-state index contributed by atoms with van der Waals surface area (Å²) in [5.41, 5.74) is 2.42. The highest BCUT2D eigenvalue weighted by Gasteiger charge is 2.36. The minimum absolute atomic E-state index is 0.0407. The molecule has 1 aromatic carbocycles. The largest absolute Gasteiger partial charge is 0.322 e. The summed E-state index contributed by atoms with van der Waals surface area (Å²) in [6, 6.07) is 8.31. The number of benzene rings is 1. The van der Waals surface area contributed by atoms with Crippen molar-refractivity contribution < 1.29 is 4.79 Å². The quantitative estimate of drug-likeness (QED) is 0.885. The molecule has 2 atom stereocenters. The van der Waals surface area contributed by atoms with E-state index in [4.69, 9.17) is 0 Å². The number of aryl methyl sites for hydroxylation is 1. The number of nitrogens with one attached hydrogen (secondary N) is 1. The number of nitrogens with zero attached hydrogens (tertiary/aromatic N) is 1. The number of hydrogen-bond donors (Lipinski definition) is 1. The van der Waals surface area contributed by atoms with Crippen LogP contribution in [0.3, 0.4) is 0 Å². The van der Waals surface area contributed by atoms with Crippen LogP contribution in [0.5, 0.6) is 0 Å². The third kappa shape index (κ3) is 2.56. The molecule has 1 aromatic rings. The zero-order valence-corrected chi connectivity index (χ0v) is 11.4. The SMILES string of the molecule is CCCCN1C(=O)C(C)NC1c1cccc(C)c1. The molecule has 18 heavy (non-hydrogen) atoms. The fraction of sp³-hybridized carbons (Fsp3) is 0.533. The van der Waals surface area contributed by atoms with Gasteiger partial charge < -0.3 is 4.90 Å². The molecule has 0 aliphatic carbocycles. The Labute approximate surface area is 109 Å². The van der Waals surface area contributed by atoms with Gasteiger partial charge in [0.1, 0.15) is 6.17 Å². The lowest BCUT2D eigenvalue weighted by Crippen LogP contribution is -2.31. The van der Waals surface area contributed by atoms with E-state index in [2.05, 4.69) is 43.4 Å². The van der Waals surface area contributed by atoms with Crippen molar-refractivity contribution in [2.75, 3.05) is 6.54 Å². The molecule has 0 spiro atoms. The van der Waals surface area contributed by atoms with Gasteiger partial charge in [-0.1, -0.05) is 43.2 Å². The highest BCUT2D eigenvalue weighted by Crippen LogP contribution is 2.26. The molecule has 1 fully saturated rings.